The molecule has 0 saturated carbocycles. The van der Waals surface area contributed by atoms with Crippen molar-refractivity contribution in [1.29, 1.82) is 5.26 Å². The number of nitrogens with two attached hydrogens (primary N) is 1. The Morgan fingerprint density at radius 3 is 2.22 bits per heavy atom. The molecule has 1 aromatic carbocycles. The SMILES string of the molecule is CCOP(=O)(Cc1ccc(C(=O)N[C@@H](C(N)=O)[C@H](C)CC#N)cc1)OCC. The van der Waals surface area contributed by atoms with Crippen molar-refractivity contribution in [3.05, 3.63) is 35.4 Å². The third-order valence-corrected chi connectivity index (χ3v) is 5.87. The Morgan fingerprint density at radius 2 is 1.78 bits per heavy atom. The normalized spacial score (nSPS) is 13.4. The minimum atomic E-state index is -3.23. The molecule has 0 aromatic heterocycles. The van der Waals surface area contributed by atoms with Crippen LogP contribution in [0.5, 0.6) is 0 Å². The molecule has 0 aliphatic carbocycles. The molecule has 3 N–H and O–H groups in total. The van der Waals surface area contributed by atoms with Gasteiger partial charge in [0.05, 0.1) is 25.4 Å². The van der Waals surface area contributed by atoms with Gasteiger partial charge in [-0.25, -0.2) is 0 Å². The number of benzene rings is 1. The third-order valence-electron chi connectivity index (χ3n) is 3.82. The Bertz CT molecular complexity index is 720. The summed E-state index contributed by atoms with van der Waals surface area (Å²) in [6, 6.07) is 7.43. The number of primary amides is 1. The molecule has 0 unspecified atom stereocenters. The molecule has 27 heavy (non-hydrogen) atoms. The Labute approximate surface area is 159 Å². The molecule has 2 amide bonds. The van der Waals surface area contributed by atoms with E-state index < -0.39 is 31.4 Å². The molecule has 0 aliphatic heterocycles. The Balaban J connectivity index is 2.85. The maximum atomic E-state index is 12.6. The van der Waals surface area contributed by atoms with E-state index in [0.29, 0.717) is 11.1 Å². The van der Waals surface area contributed by atoms with Crippen molar-refractivity contribution in [2.75, 3.05) is 13.2 Å². The van der Waals surface area contributed by atoms with E-state index in [1.165, 1.54) is 0 Å². The van der Waals surface area contributed by atoms with Crippen LogP contribution in [0.1, 0.15) is 43.1 Å². The fourth-order valence-corrected chi connectivity index (χ4v) is 4.19. The first-order valence-electron chi connectivity index (χ1n) is 8.70. The summed E-state index contributed by atoms with van der Waals surface area (Å²) in [5.74, 6) is -1.58. The predicted molar refractivity (Wildman–Crippen MR) is 101 cm³/mol. The fraction of sp³-hybridized carbons (Fsp3) is 0.500. The first-order valence-corrected chi connectivity index (χ1v) is 10.4. The molecule has 0 saturated heterocycles. The van der Waals surface area contributed by atoms with Crippen molar-refractivity contribution in [2.45, 2.75) is 39.4 Å². The largest absolute Gasteiger partial charge is 0.368 e. The van der Waals surface area contributed by atoms with Crippen LogP contribution in [0.25, 0.3) is 0 Å². The van der Waals surface area contributed by atoms with Gasteiger partial charge in [-0.1, -0.05) is 19.1 Å². The van der Waals surface area contributed by atoms with E-state index in [2.05, 4.69) is 5.32 Å². The highest BCUT2D eigenvalue weighted by Gasteiger charge is 2.26. The second-order valence-corrected chi connectivity index (χ2v) is 8.05. The average Bonchev–Trinajstić information content (AvgIpc) is 2.60. The molecule has 1 aromatic rings. The lowest BCUT2D eigenvalue weighted by Crippen LogP contribution is -2.48. The van der Waals surface area contributed by atoms with E-state index >= 15 is 0 Å². The smallest absolute Gasteiger partial charge is 0.335 e. The number of hydrogen-bond donors (Lipinski definition) is 2. The highest BCUT2D eigenvalue weighted by molar-refractivity contribution is 7.53. The van der Waals surface area contributed by atoms with E-state index in [4.69, 9.17) is 20.0 Å². The van der Waals surface area contributed by atoms with Crippen LogP contribution in [0.3, 0.4) is 0 Å². The number of carbonyl (C=O) groups is 2. The maximum Gasteiger partial charge on any atom is 0.335 e. The van der Waals surface area contributed by atoms with Gasteiger partial charge < -0.3 is 20.1 Å². The molecule has 0 fully saturated rings. The van der Waals surface area contributed by atoms with Gasteiger partial charge in [-0.05, 0) is 37.5 Å². The second-order valence-electron chi connectivity index (χ2n) is 5.99. The highest BCUT2D eigenvalue weighted by atomic mass is 31.2. The summed E-state index contributed by atoms with van der Waals surface area (Å²) in [4.78, 5) is 23.9. The van der Waals surface area contributed by atoms with Gasteiger partial charge in [0.25, 0.3) is 5.91 Å². The Morgan fingerprint density at radius 1 is 1.22 bits per heavy atom. The van der Waals surface area contributed by atoms with Gasteiger partial charge in [-0.3, -0.25) is 14.2 Å². The van der Waals surface area contributed by atoms with Crippen LogP contribution in [-0.2, 0) is 24.6 Å². The zero-order chi connectivity index (χ0) is 20.4. The van der Waals surface area contributed by atoms with E-state index in [9.17, 15) is 14.2 Å². The molecule has 0 spiro atoms. The van der Waals surface area contributed by atoms with Crippen molar-refractivity contribution >= 4 is 19.4 Å². The highest BCUT2D eigenvalue weighted by Crippen LogP contribution is 2.51. The summed E-state index contributed by atoms with van der Waals surface area (Å²) in [7, 11) is -3.23. The van der Waals surface area contributed by atoms with E-state index in [-0.39, 0.29) is 25.8 Å². The molecule has 0 aliphatic rings. The number of rotatable bonds is 11. The van der Waals surface area contributed by atoms with Crippen LogP contribution >= 0.6 is 7.60 Å². The maximum absolute atomic E-state index is 12.6. The van der Waals surface area contributed by atoms with Gasteiger partial charge in [-0.15, -0.1) is 0 Å². The molecule has 9 heteroatoms. The summed E-state index contributed by atoms with van der Waals surface area (Å²) < 4.78 is 23.1. The zero-order valence-electron chi connectivity index (χ0n) is 15.8. The van der Waals surface area contributed by atoms with Crippen LogP contribution < -0.4 is 11.1 Å². The molecular weight excluding hydrogens is 369 g/mol. The summed E-state index contributed by atoms with van der Waals surface area (Å²) in [5.41, 5.74) is 6.33. The molecule has 0 heterocycles. The van der Waals surface area contributed by atoms with Crippen molar-refractivity contribution in [3.8, 4) is 6.07 Å². The van der Waals surface area contributed by atoms with E-state index in [1.807, 2.05) is 6.07 Å². The number of nitrogens with zero attached hydrogens (tertiary/aromatic N) is 1. The molecule has 1 rings (SSSR count). The Hall–Kier alpha value is -2.20. The van der Waals surface area contributed by atoms with E-state index in [0.717, 1.165) is 0 Å². The quantitative estimate of drug-likeness (QED) is 0.554. The average molecular weight is 395 g/mol. The lowest BCUT2D eigenvalue weighted by atomic mass is 9.98. The van der Waals surface area contributed by atoms with Gasteiger partial charge in [0.2, 0.25) is 5.91 Å². The molecule has 0 bridgehead atoms. The van der Waals surface area contributed by atoms with Crippen LogP contribution in [0.2, 0.25) is 0 Å². The van der Waals surface area contributed by atoms with Crippen molar-refractivity contribution < 1.29 is 23.2 Å². The van der Waals surface area contributed by atoms with Crippen LogP contribution in [0.4, 0.5) is 0 Å². The lowest BCUT2D eigenvalue weighted by molar-refractivity contribution is -0.120. The van der Waals surface area contributed by atoms with Gasteiger partial charge in [-0.2, -0.15) is 5.26 Å². The van der Waals surface area contributed by atoms with Crippen LogP contribution in [-0.4, -0.2) is 31.1 Å². The topological polar surface area (TPSA) is 132 Å². The number of nitrogens with one attached hydrogen (secondary N) is 1. The number of amides is 2. The molecular formula is C18H26N3O5P. The van der Waals surface area contributed by atoms with E-state index in [1.54, 1.807) is 45.0 Å². The molecule has 2 atom stereocenters. The van der Waals surface area contributed by atoms with Crippen molar-refractivity contribution in [3.63, 3.8) is 0 Å². The van der Waals surface area contributed by atoms with Crippen molar-refractivity contribution in [1.82, 2.24) is 5.32 Å². The van der Waals surface area contributed by atoms with Crippen LogP contribution in [0.15, 0.2) is 24.3 Å². The first kappa shape index (κ1) is 22.8. The molecule has 148 valence electrons. The lowest BCUT2D eigenvalue weighted by Gasteiger charge is -2.20. The minimum Gasteiger partial charge on any atom is -0.368 e. The number of nitriles is 1. The summed E-state index contributed by atoms with van der Waals surface area (Å²) in [5, 5.41) is 11.3. The molecule has 0 radical (unpaired) electrons. The second kappa shape index (κ2) is 10.8. The fourth-order valence-electron chi connectivity index (χ4n) is 2.49. The first-order chi connectivity index (χ1) is 12.8. The standard InChI is InChI=1S/C18H26N3O5P/c1-4-25-27(24,26-5-2)12-14-6-8-15(9-7-14)18(23)21-16(17(20)22)13(3)10-11-19/h6-9,13,16H,4-5,10,12H2,1-3H3,(H2,20,22)(H,21,23)/t13-,16-/m1/s1. The van der Waals surface area contributed by atoms with Crippen molar-refractivity contribution in [2.24, 2.45) is 11.7 Å². The van der Waals surface area contributed by atoms with Gasteiger partial charge in [0.15, 0.2) is 0 Å². The predicted octanol–water partition coefficient (Wildman–Crippen LogP) is 2.59. The summed E-state index contributed by atoms with van der Waals surface area (Å²) >= 11 is 0. The minimum absolute atomic E-state index is 0.0942. The van der Waals surface area contributed by atoms with Gasteiger partial charge in [0, 0.05) is 12.0 Å². The third kappa shape index (κ3) is 7.14. The summed E-state index contributed by atoms with van der Waals surface area (Å²) in [6.07, 6.45) is 0.191. The van der Waals surface area contributed by atoms with Crippen LogP contribution in [0, 0.1) is 17.2 Å². The van der Waals surface area contributed by atoms with Gasteiger partial charge >= 0.3 is 7.60 Å². The zero-order valence-corrected chi connectivity index (χ0v) is 16.7. The Kier molecular flexibility index (Phi) is 9.16. The number of carbonyl (C=O) groups excluding carboxylic acids is 2. The molecule has 8 nitrogen and oxygen atoms in total. The van der Waals surface area contributed by atoms with Gasteiger partial charge in [0.1, 0.15) is 6.04 Å². The number of hydrogen-bond acceptors (Lipinski definition) is 6. The summed E-state index contributed by atoms with van der Waals surface area (Å²) in [6.45, 7) is 5.68. The monoisotopic (exact) mass is 395 g/mol.